The predicted octanol–water partition coefficient (Wildman–Crippen LogP) is 2.76. The van der Waals surface area contributed by atoms with Gasteiger partial charge in [0.1, 0.15) is 5.60 Å². The number of hydrogen-bond donors (Lipinski definition) is 2. The number of alkyl carbamates (subject to hydrolysis) is 1. The van der Waals surface area contributed by atoms with E-state index in [1.165, 1.54) is 6.08 Å². The Labute approximate surface area is 178 Å². The van der Waals surface area contributed by atoms with Crippen molar-refractivity contribution in [1.82, 2.24) is 15.5 Å². The quantitative estimate of drug-likeness (QED) is 0.700. The summed E-state index contributed by atoms with van der Waals surface area (Å²) in [5.41, 5.74) is -0.368. The normalized spacial score (nSPS) is 16.9. The maximum atomic E-state index is 13.3. The third-order valence-electron chi connectivity index (χ3n) is 5.20. The van der Waals surface area contributed by atoms with Crippen LogP contribution < -0.4 is 10.6 Å². The lowest BCUT2D eigenvalue weighted by molar-refractivity contribution is -0.133. The van der Waals surface area contributed by atoms with Gasteiger partial charge in [-0.1, -0.05) is 36.9 Å². The van der Waals surface area contributed by atoms with Crippen LogP contribution in [0.5, 0.6) is 0 Å². The van der Waals surface area contributed by atoms with Gasteiger partial charge in [-0.15, -0.1) is 0 Å². The van der Waals surface area contributed by atoms with Gasteiger partial charge in [0.25, 0.3) is 0 Å². The van der Waals surface area contributed by atoms with Crippen molar-refractivity contribution < 1.29 is 19.1 Å². The van der Waals surface area contributed by atoms with Gasteiger partial charge in [-0.05, 0) is 52.2 Å². The summed E-state index contributed by atoms with van der Waals surface area (Å²) in [5.74, 6) is -0.218. The van der Waals surface area contributed by atoms with Gasteiger partial charge in [0.15, 0.2) is 0 Å². The van der Waals surface area contributed by atoms with Gasteiger partial charge in [-0.2, -0.15) is 0 Å². The van der Waals surface area contributed by atoms with Gasteiger partial charge < -0.3 is 20.3 Å². The van der Waals surface area contributed by atoms with E-state index < -0.39 is 17.1 Å². The SMILES string of the molecule is C=CC(=O)N1CCC(C(=O)NC[C@@H](C)NC(=O)OC(C)(C)C)(c2ccccc2)CC1. The van der Waals surface area contributed by atoms with E-state index in [2.05, 4.69) is 17.2 Å². The molecular formula is C23H33N3O4. The van der Waals surface area contributed by atoms with Gasteiger partial charge in [0.05, 0.1) is 5.41 Å². The lowest BCUT2D eigenvalue weighted by Gasteiger charge is -2.41. The van der Waals surface area contributed by atoms with Crippen molar-refractivity contribution in [3.63, 3.8) is 0 Å². The van der Waals surface area contributed by atoms with Crippen molar-refractivity contribution in [2.24, 2.45) is 0 Å². The molecule has 1 aromatic rings. The number of likely N-dealkylation sites (tertiary alicyclic amines) is 1. The molecule has 0 spiro atoms. The number of amides is 3. The highest BCUT2D eigenvalue weighted by atomic mass is 16.6. The molecule has 164 valence electrons. The number of nitrogens with one attached hydrogen (secondary N) is 2. The fraction of sp³-hybridized carbons (Fsp3) is 0.522. The lowest BCUT2D eigenvalue weighted by atomic mass is 9.72. The van der Waals surface area contributed by atoms with Crippen molar-refractivity contribution in [3.05, 3.63) is 48.6 Å². The highest BCUT2D eigenvalue weighted by Crippen LogP contribution is 2.36. The monoisotopic (exact) mass is 415 g/mol. The fourth-order valence-corrected chi connectivity index (χ4v) is 3.62. The smallest absolute Gasteiger partial charge is 0.407 e. The second-order valence-electron chi connectivity index (χ2n) is 8.73. The van der Waals surface area contributed by atoms with Crippen molar-refractivity contribution in [2.45, 2.75) is 57.6 Å². The Morgan fingerprint density at radius 3 is 2.33 bits per heavy atom. The molecular weight excluding hydrogens is 382 g/mol. The third-order valence-corrected chi connectivity index (χ3v) is 5.20. The second kappa shape index (κ2) is 9.78. The molecule has 1 aliphatic rings. The van der Waals surface area contributed by atoms with Crippen LogP contribution in [0.25, 0.3) is 0 Å². The minimum Gasteiger partial charge on any atom is -0.444 e. The zero-order valence-electron chi connectivity index (χ0n) is 18.4. The molecule has 1 heterocycles. The van der Waals surface area contributed by atoms with Crippen molar-refractivity contribution >= 4 is 17.9 Å². The summed E-state index contributed by atoms with van der Waals surface area (Å²) in [6.45, 7) is 12.0. The number of hydrogen-bond acceptors (Lipinski definition) is 4. The molecule has 1 fully saturated rings. The summed E-state index contributed by atoms with van der Waals surface area (Å²) in [6, 6.07) is 9.36. The Morgan fingerprint density at radius 2 is 1.80 bits per heavy atom. The van der Waals surface area contributed by atoms with Crippen LogP contribution in [0.15, 0.2) is 43.0 Å². The lowest BCUT2D eigenvalue weighted by Crippen LogP contribution is -2.54. The molecule has 2 N–H and O–H groups in total. The van der Waals surface area contributed by atoms with Crippen LogP contribution in [0.4, 0.5) is 4.79 Å². The molecule has 0 radical (unpaired) electrons. The van der Waals surface area contributed by atoms with Gasteiger partial charge in [0, 0.05) is 25.7 Å². The average molecular weight is 416 g/mol. The van der Waals surface area contributed by atoms with E-state index in [4.69, 9.17) is 4.74 Å². The number of carbonyl (C=O) groups is 3. The van der Waals surface area contributed by atoms with Crippen molar-refractivity contribution in [2.75, 3.05) is 19.6 Å². The number of rotatable bonds is 6. The molecule has 0 aliphatic carbocycles. The zero-order valence-corrected chi connectivity index (χ0v) is 18.4. The Kier molecular flexibility index (Phi) is 7.65. The summed E-state index contributed by atoms with van der Waals surface area (Å²) in [7, 11) is 0. The summed E-state index contributed by atoms with van der Waals surface area (Å²) in [6.07, 6.45) is 1.84. The number of benzene rings is 1. The topological polar surface area (TPSA) is 87.7 Å². The maximum Gasteiger partial charge on any atom is 0.407 e. The largest absolute Gasteiger partial charge is 0.444 e. The number of nitrogens with zero attached hydrogens (tertiary/aromatic N) is 1. The van der Waals surface area contributed by atoms with Gasteiger partial charge in [-0.25, -0.2) is 4.79 Å². The fourth-order valence-electron chi connectivity index (χ4n) is 3.62. The average Bonchev–Trinajstić information content (AvgIpc) is 2.70. The van der Waals surface area contributed by atoms with Crippen molar-refractivity contribution in [3.8, 4) is 0 Å². The molecule has 1 saturated heterocycles. The second-order valence-corrected chi connectivity index (χ2v) is 8.73. The highest BCUT2D eigenvalue weighted by molar-refractivity contribution is 5.90. The van der Waals surface area contributed by atoms with Crippen molar-refractivity contribution in [1.29, 1.82) is 0 Å². The molecule has 0 unspecified atom stereocenters. The van der Waals surface area contributed by atoms with E-state index in [0.717, 1.165) is 5.56 Å². The summed E-state index contributed by atoms with van der Waals surface area (Å²) >= 11 is 0. The van der Waals surface area contributed by atoms with Crippen LogP contribution in [-0.2, 0) is 19.7 Å². The minimum atomic E-state index is -0.717. The molecule has 7 nitrogen and oxygen atoms in total. The first-order valence-electron chi connectivity index (χ1n) is 10.3. The van der Waals surface area contributed by atoms with E-state index in [0.29, 0.717) is 25.9 Å². The standard InChI is InChI=1S/C23H33N3O4/c1-6-19(27)26-14-12-23(13-15-26,18-10-8-7-9-11-18)20(28)24-16-17(2)25-21(29)30-22(3,4)5/h6-11,17H,1,12-16H2,2-5H3,(H,24,28)(H,25,29)/t17-/m1/s1. The van der Waals surface area contributed by atoms with E-state index in [1.807, 2.05) is 37.3 Å². The summed E-state index contributed by atoms with van der Waals surface area (Å²) < 4.78 is 5.26. The highest BCUT2D eigenvalue weighted by Gasteiger charge is 2.43. The van der Waals surface area contributed by atoms with Crippen LogP contribution in [-0.4, -0.2) is 54.1 Å². The summed E-state index contributed by atoms with van der Waals surface area (Å²) in [4.78, 5) is 38.9. The Morgan fingerprint density at radius 1 is 1.20 bits per heavy atom. The molecule has 7 heteroatoms. The Balaban J connectivity index is 2.05. The third kappa shape index (κ3) is 6.08. The first-order valence-corrected chi connectivity index (χ1v) is 10.3. The summed E-state index contributed by atoms with van der Waals surface area (Å²) in [5, 5.41) is 5.72. The first-order chi connectivity index (χ1) is 14.1. The van der Waals surface area contributed by atoms with Crippen LogP contribution >= 0.6 is 0 Å². The van der Waals surface area contributed by atoms with E-state index in [-0.39, 0.29) is 24.4 Å². The minimum absolute atomic E-state index is 0.0998. The molecule has 1 aliphatic heterocycles. The van der Waals surface area contributed by atoms with Crippen LogP contribution in [0.1, 0.15) is 46.1 Å². The molecule has 0 aromatic heterocycles. The van der Waals surface area contributed by atoms with Gasteiger partial charge >= 0.3 is 6.09 Å². The van der Waals surface area contributed by atoms with Crippen LogP contribution in [0.3, 0.4) is 0 Å². The van der Waals surface area contributed by atoms with E-state index in [9.17, 15) is 14.4 Å². The number of piperidine rings is 1. The van der Waals surface area contributed by atoms with Gasteiger partial charge in [0.2, 0.25) is 11.8 Å². The van der Waals surface area contributed by atoms with Gasteiger partial charge in [-0.3, -0.25) is 9.59 Å². The van der Waals surface area contributed by atoms with Crippen LogP contribution in [0, 0.1) is 0 Å². The first kappa shape index (κ1) is 23.4. The number of carbonyl (C=O) groups excluding carboxylic acids is 3. The maximum absolute atomic E-state index is 13.3. The van der Waals surface area contributed by atoms with E-state index in [1.54, 1.807) is 25.7 Å². The molecule has 2 rings (SSSR count). The molecule has 0 bridgehead atoms. The van der Waals surface area contributed by atoms with Crippen LogP contribution in [0.2, 0.25) is 0 Å². The Bertz CT molecular complexity index is 762. The Hall–Kier alpha value is -2.83. The van der Waals surface area contributed by atoms with E-state index >= 15 is 0 Å². The molecule has 3 amide bonds. The molecule has 30 heavy (non-hydrogen) atoms. The molecule has 1 aromatic carbocycles. The molecule has 0 saturated carbocycles. The number of ether oxygens (including phenoxy) is 1. The predicted molar refractivity (Wildman–Crippen MR) is 116 cm³/mol. The molecule has 1 atom stereocenters. The zero-order chi connectivity index (χ0) is 22.4.